The molecule has 3 N–H and O–H groups in total. The number of hydrogen-bond donors (Lipinski definition) is 3. The summed E-state index contributed by atoms with van der Waals surface area (Å²) in [6.45, 7) is 1.44. The molecule has 1 aromatic carbocycles. The van der Waals surface area contributed by atoms with Gasteiger partial charge in [0.15, 0.2) is 0 Å². The molecule has 0 aliphatic rings. The van der Waals surface area contributed by atoms with E-state index in [2.05, 4.69) is 16.2 Å². The number of rotatable bonds is 5. The highest BCUT2D eigenvalue weighted by atomic mass is 35.5. The normalized spacial score (nSPS) is 10.2. The van der Waals surface area contributed by atoms with Crippen LogP contribution in [0.1, 0.15) is 17.4 Å². The lowest BCUT2D eigenvalue weighted by atomic mass is 10.3. The predicted molar refractivity (Wildman–Crippen MR) is 97.5 cm³/mol. The minimum absolute atomic E-state index is 0.133. The minimum atomic E-state index is -0.451. The predicted octanol–water partition coefficient (Wildman–Crippen LogP) is 2.19. The van der Waals surface area contributed by atoms with Crippen LogP contribution in [-0.4, -0.2) is 28.0 Å². The number of hydrogen-bond acceptors (Lipinski definition) is 4. The monoisotopic (exact) mass is 380 g/mol. The van der Waals surface area contributed by atoms with Crippen LogP contribution >= 0.6 is 23.4 Å². The van der Waals surface area contributed by atoms with E-state index in [9.17, 15) is 14.4 Å². The molecule has 0 radical (unpaired) electrons. The highest BCUT2D eigenvalue weighted by Crippen LogP contribution is 2.20. The first-order valence-corrected chi connectivity index (χ1v) is 8.63. The summed E-state index contributed by atoms with van der Waals surface area (Å²) >= 11 is 7.12. The molecule has 0 unspecified atom stereocenters. The number of halogens is 1. The van der Waals surface area contributed by atoms with Crippen LogP contribution in [0.25, 0.3) is 0 Å². The van der Waals surface area contributed by atoms with Gasteiger partial charge < -0.3 is 9.88 Å². The molecule has 7 nitrogen and oxygen atoms in total. The number of hydrazine groups is 1. The van der Waals surface area contributed by atoms with Gasteiger partial charge in [-0.25, -0.2) is 0 Å². The molecule has 2 aromatic rings. The van der Waals surface area contributed by atoms with Gasteiger partial charge >= 0.3 is 0 Å². The summed E-state index contributed by atoms with van der Waals surface area (Å²) in [6, 6.07) is 8.61. The van der Waals surface area contributed by atoms with Crippen LogP contribution in [0, 0.1) is 0 Å². The molecule has 132 valence electrons. The van der Waals surface area contributed by atoms with Gasteiger partial charge in [0.2, 0.25) is 11.8 Å². The molecule has 2 rings (SSSR count). The number of amides is 3. The second-order valence-corrected chi connectivity index (χ2v) is 6.64. The fourth-order valence-electron chi connectivity index (χ4n) is 1.96. The van der Waals surface area contributed by atoms with Gasteiger partial charge in [0, 0.05) is 30.8 Å². The Morgan fingerprint density at radius 2 is 1.84 bits per heavy atom. The number of thioether (sulfide) groups is 1. The molecule has 0 saturated heterocycles. The standard InChI is InChI=1S/C16H17ClN4O3S/c1-10(22)18-12-3-5-13(6-4-12)25-9-15(23)19-20-16(24)14-7-11(17)8-21(14)2/h3-8H,9H2,1-2H3,(H,18,22)(H,19,23)(H,20,24). The van der Waals surface area contributed by atoms with Crippen molar-refractivity contribution in [2.45, 2.75) is 11.8 Å². The zero-order chi connectivity index (χ0) is 18.4. The van der Waals surface area contributed by atoms with Gasteiger partial charge in [0.1, 0.15) is 5.69 Å². The zero-order valence-electron chi connectivity index (χ0n) is 13.6. The first kappa shape index (κ1) is 18.9. The molecule has 1 aromatic heterocycles. The number of aromatic nitrogens is 1. The Hall–Kier alpha value is -2.45. The summed E-state index contributed by atoms with van der Waals surface area (Å²) in [5.41, 5.74) is 5.72. The molecule has 0 bridgehead atoms. The van der Waals surface area contributed by atoms with Crippen molar-refractivity contribution in [3.8, 4) is 0 Å². The minimum Gasteiger partial charge on any atom is -0.345 e. The van der Waals surface area contributed by atoms with Gasteiger partial charge in [-0.05, 0) is 30.3 Å². The molecule has 0 spiro atoms. The molecule has 9 heteroatoms. The van der Waals surface area contributed by atoms with E-state index in [-0.39, 0.29) is 17.6 Å². The summed E-state index contributed by atoms with van der Waals surface area (Å²) < 4.78 is 1.56. The second kappa shape index (κ2) is 8.59. The van der Waals surface area contributed by atoms with E-state index in [1.54, 1.807) is 42.1 Å². The van der Waals surface area contributed by atoms with E-state index in [4.69, 9.17) is 11.6 Å². The number of carbonyl (C=O) groups is 3. The largest absolute Gasteiger partial charge is 0.345 e. The molecule has 0 atom stereocenters. The second-order valence-electron chi connectivity index (χ2n) is 5.15. The molecule has 3 amide bonds. The third-order valence-electron chi connectivity index (χ3n) is 3.06. The smallest absolute Gasteiger partial charge is 0.286 e. The molecular formula is C16H17ClN4O3S. The molecule has 0 aliphatic carbocycles. The molecule has 0 aliphatic heterocycles. The summed E-state index contributed by atoms with van der Waals surface area (Å²) in [5, 5.41) is 3.11. The number of nitrogens with zero attached hydrogens (tertiary/aromatic N) is 1. The van der Waals surface area contributed by atoms with E-state index in [0.717, 1.165) is 4.90 Å². The zero-order valence-corrected chi connectivity index (χ0v) is 15.2. The van der Waals surface area contributed by atoms with Crippen LogP contribution in [0.2, 0.25) is 5.02 Å². The average molecular weight is 381 g/mol. The summed E-state index contributed by atoms with van der Waals surface area (Å²) in [5.74, 6) is -0.805. The van der Waals surface area contributed by atoms with Gasteiger partial charge in [-0.2, -0.15) is 0 Å². The lowest BCUT2D eigenvalue weighted by Gasteiger charge is -2.08. The number of nitrogens with one attached hydrogen (secondary N) is 3. The molecule has 1 heterocycles. The van der Waals surface area contributed by atoms with Gasteiger partial charge in [-0.15, -0.1) is 11.8 Å². The van der Waals surface area contributed by atoms with Crippen LogP contribution in [0.5, 0.6) is 0 Å². The van der Waals surface area contributed by atoms with E-state index < -0.39 is 5.91 Å². The number of carbonyl (C=O) groups excluding carboxylic acids is 3. The van der Waals surface area contributed by atoms with Crippen molar-refractivity contribution in [3.63, 3.8) is 0 Å². The van der Waals surface area contributed by atoms with Crippen molar-refractivity contribution >= 4 is 46.8 Å². The van der Waals surface area contributed by atoms with Gasteiger partial charge in [0.05, 0.1) is 10.8 Å². The Balaban J connectivity index is 1.78. The van der Waals surface area contributed by atoms with E-state index in [1.165, 1.54) is 24.8 Å². The summed E-state index contributed by atoms with van der Waals surface area (Å²) in [4.78, 5) is 35.6. The Morgan fingerprint density at radius 1 is 1.16 bits per heavy atom. The van der Waals surface area contributed by atoms with Gasteiger partial charge in [-0.3, -0.25) is 25.2 Å². The Morgan fingerprint density at radius 3 is 2.40 bits per heavy atom. The Labute approximate surface area is 154 Å². The van der Waals surface area contributed by atoms with Crippen LogP contribution in [-0.2, 0) is 16.6 Å². The molecule has 0 fully saturated rings. The molecular weight excluding hydrogens is 364 g/mol. The maximum absolute atomic E-state index is 11.9. The van der Waals surface area contributed by atoms with Crippen LogP contribution in [0.15, 0.2) is 41.4 Å². The summed E-state index contributed by atoms with van der Waals surface area (Å²) in [7, 11) is 1.68. The third-order valence-corrected chi connectivity index (χ3v) is 4.28. The fourth-order valence-corrected chi connectivity index (χ4v) is 2.91. The number of benzene rings is 1. The fraction of sp³-hybridized carbons (Fsp3) is 0.188. The maximum Gasteiger partial charge on any atom is 0.286 e. The van der Waals surface area contributed by atoms with Crippen molar-refractivity contribution in [2.24, 2.45) is 7.05 Å². The van der Waals surface area contributed by atoms with E-state index in [0.29, 0.717) is 16.4 Å². The maximum atomic E-state index is 11.9. The van der Waals surface area contributed by atoms with E-state index in [1.807, 2.05) is 0 Å². The summed E-state index contributed by atoms with van der Waals surface area (Å²) in [6.07, 6.45) is 1.60. The Bertz CT molecular complexity index is 789. The van der Waals surface area contributed by atoms with Crippen molar-refractivity contribution in [3.05, 3.63) is 47.2 Å². The average Bonchev–Trinajstić information content (AvgIpc) is 2.90. The van der Waals surface area contributed by atoms with Crippen LogP contribution in [0.4, 0.5) is 5.69 Å². The highest BCUT2D eigenvalue weighted by molar-refractivity contribution is 8.00. The van der Waals surface area contributed by atoms with Crippen molar-refractivity contribution in [2.75, 3.05) is 11.1 Å². The Kier molecular flexibility index (Phi) is 6.49. The lowest BCUT2D eigenvalue weighted by Crippen LogP contribution is -2.43. The van der Waals surface area contributed by atoms with Crippen molar-refractivity contribution in [1.82, 2.24) is 15.4 Å². The van der Waals surface area contributed by atoms with Gasteiger partial charge in [-0.1, -0.05) is 11.6 Å². The molecule has 25 heavy (non-hydrogen) atoms. The topological polar surface area (TPSA) is 92.2 Å². The lowest BCUT2D eigenvalue weighted by molar-refractivity contribution is -0.119. The van der Waals surface area contributed by atoms with Crippen LogP contribution in [0.3, 0.4) is 0 Å². The number of aryl methyl sites for hydroxylation is 1. The SMILES string of the molecule is CC(=O)Nc1ccc(SCC(=O)NNC(=O)c2cc(Cl)cn2C)cc1. The quantitative estimate of drug-likeness (QED) is 0.547. The molecule has 0 saturated carbocycles. The first-order valence-electron chi connectivity index (χ1n) is 7.26. The van der Waals surface area contributed by atoms with Crippen molar-refractivity contribution in [1.29, 1.82) is 0 Å². The highest BCUT2D eigenvalue weighted by Gasteiger charge is 2.12. The number of anilines is 1. The van der Waals surface area contributed by atoms with Crippen molar-refractivity contribution < 1.29 is 14.4 Å². The van der Waals surface area contributed by atoms with Crippen LogP contribution < -0.4 is 16.2 Å². The third kappa shape index (κ3) is 5.84. The van der Waals surface area contributed by atoms with E-state index >= 15 is 0 Å². The van der Waals surface area contributed by atoms with Gasteiger partial charge in [0.25, 0.3) is 5.91 Å². The first-order chi connectivity index (χ1) is 11.8.